The first kappa shape index (κ1) is 16.0. The lowest BCUT2D eigenvalue weighted by atomic mass is 10.1. The summed E-state index contributed by atoms with van der Waals surface area (Å²) in [6.45, 7) is 1.96. The largest absolute Gasteiger partial charge is 0.497 e. The molecule has 20 heavy (non-hydrogen) atoms. The number of amides is 1. The number of hydrogen-bond donors (Lipinski definition) is 2. The van der Waals surface area contributed by atoms with E-state index in [0.29, 0.717) is 12.2 Å². The molecule has 0 aliphatic heterocycles. The van der Waals surface area contributed by atoms with Crippen molar-refractivity contribution in [2.75, 3.05) is 7.11 Å². The molecule has 0 aromatic heterocycles. The Balaban J connectivity index is 2.57. The molecule has 0 fully saturated rings. The van der Waals surface area contributed by atoms with Crippen LogP contribution >= 0.6 is 0 Å². The number of carboxylic acids is 1. The van der Waals surface area contributed by atoms with Gasteiger partial charge >= 0.3 is 5.97 Å². The molecule has 1 rings (SSSR count). The molecule has 110 valence electrons. The van der Waals surface area contributed by atoms with Gasteiger partial charge < -0.3 is 15.2 Å². The van der Waals surface area contributed by atoms with E-state index in [0.717, 1.165) is 12.0 Å². The molecule has 1 aromatic rings. The highest BCUT2D eigenvalue weighted by Gasteiger charge is 2.15. The van der Waals surface area contributed by atoms with E-state index in [1.165, 1.54) is 0 Å². The fourth-order valence-corrected chi connectivity index (χ4v) is 2.03. The van der Waals surface area contributed by atoms with E-state index >= 15 is 0 Å². The molecule has 1 amide bonds. The van der Waals surface area contributed by atoms with Crippen LogP contribution in [0.15, 0.2) is 24.3 Å². The average molecular weight is 279 g/mol. The molecule has 0 radical (unpaired) electrons. The Bertz CT molecular complexity index is 459. The normalized spacial score (nSPS) is 11.7. The fourth-order valence-electron chi connectivity index (χ4n) is 2.03. The molecule has 0 aliphatic rings. The number of carbonyl (C=O) groups excluding carboxylic acids is 1. The van der Waals surface area contributed by atoms with Gasteiger partial charge in [0, 0.05) is 6.04 Å². The summed E-state index contributed by atoms with van der Waals surface area (Å²) in [5, 5.41) is 11.6. The highest BCUT2D eigenvalue weighted by atomic mass is 16.5. The number of hydrogen-bond acceptors (Lipinski definition) is 3. The molecular formula is C15H21NO4. The second kappa shape index (κ2) is 8.19. The molecule has 5 nitrogen and oxygen atoms in total. The van der Waals surface area contributed by atoms with Gasteiger partial charge in [0.25, 0.3) is 0 Å². The van der Waals surface area contributed by atoms with E-state index in [9.17, 15) is 9.59 Å². The van der Waals surface area contributed by atoms with Crippen molar-refractivity contribution in [3.8, 4) is 5.75 Å². The molecular weight excluding hydrogens is 258 g/mol. The predicted molar refractivity (Wildman–Crippen MR) is 75.8 cm³/mol. The minimum absolute atomic E-state index is 0.0440. The lowest BCUT2D eigenvalue weighted by molar-refractivity contribution is -0.137. The van der Waals surface area contributed by atoms with Crippen LogP contribution in [0, 0.1) is 0 Å². The molecule has 1 atom stereocenters. The van der Waals surface area contributed by atoms with Crippen LogP contribution in [0.5, 0.6) is 5.75 Å². The second-order valence-corrected chi connectivity index (χ2v) is 4.68. The van der Waals surface area contributed by atoms with E-state index in [1.807, 2.05) is 25.1 Å². The van der Waals surface area contributed by atoms with Gasteiger partial charge in [-0.15, -0.1) is 0 Å². The Labute approximate surface area is 118 Å². The monoisotopic (exact) mass is 279 g/mol. The molecule has 5 heteroatoms. The van der Waals surface area contributed by atoms with Gasteiger partial charge in [-0.25, -0.2) is 0 Å². The molecule has 0 saturated carbocycles. The Kier molecular flexibility index (Phi) is 6.56. The average Bonchev–Trinajstić information content (AvgIpc) is 2.38. The third kappa shape index (κ3) is 5.73. The summed E-state index contributed by atoms with van der Waals surface area (Å²) in [6.07, 6.45) is 1.67. The molecule has 2 N–H and O–H groups in total. The maximum absolute atomic E-state index is 11.9. The lowest BCUT2D eigenvalue weighted by Crippen LogP contribution is -2.37. The number of carbonyl (C=O) groups is 2. The number of carboxylic acid groups (broad SMARTS) is 1. The second-order valence-electron chi connectivity index (χ2n) is 4.68. The number of nitrogens with one attached hydrogen (secondary N) is 1. The van der Waals surface area contributed by atoms with Crippen LogP contribution in [-0.2, 0) is 16.0 Å². The highest BCUT2D eigenvalue weighted by Crippen LogP contribution is 2.13. The number of ether oxygens (including phenoxy) is 1. The maximum atomic E-state index is 11.9. The van der Waals surface area contributed by atoms with Gasteiger partial charge in [-0.2, -0.15) is 0 Å². The first-order chi connectivity index (χ1) is 9.55. The smallest absolute Gasteiger partial charge is 0.305 e. The van der Waals surface area contributed by atoms with Gasteiger partial charge in [0.2, 0.25) is 5.91 Å². The summed E-state index contributed by atoms with van der Waals surface area (Å²) in [5.74, 6) is -0.367. The van der Waals surface area contributed by atoms with Crippen LogP contribution in [0.1, 0.15) is 31.7 Å². The van der Waals surface area contributed by atoms with Crippen LogP contribution in [0.3, 0.4) is 0 Å². The standard InChI is InChI=1S/C15H21NO4/c1-3-5-12(10-15(18)19)16-14(17)9-11-6-4-7-13(8-11)20-2/h4,6-8,12H,3,5,9-10H2,1-2H3,(H,16,17)(H,18,19). The van der Waals surface area contributed by atoms with E-state index < -0.39 is 5.97 Å². The van der Waals surface area contributed by atoms with Crippen LogP contribution in [-0.4, -0.2) is 30.1 Å². The van der Waals surface area contributed by atoms with Crippen molar-refractivity contribution in [2.45, 2.75) is 38.6 Å². The predicted octanol–water partition coefficient (Wildman–Crippen LogP) is 2.00. The third-order valence-corrected chi connectivity index (χ3v) is 2.92. The first-order valence-electron chi connectivity index (χ1n) is 6.69. The SMILES string of the molecule is CCCC(CC(=O)O)NC(=O)Cc1cccc(OC)c1. The summed E-state index contributed by atoms with van der Waals surface area (Å²) in [5.41, 5.74) is 0.840. The van der Waals surface area contributed by atoms with Gasteiger partial charge in [-0.1, -0.05) is 25.5 Å². The Morgan fingerprint density at radius 2 is 2.15 bits per heavy atom. The summed E-state index contributed by atoms with van der Waals surface area (Å²) in [7, 11) is 1.57. The molecule has 0 spiro atoms. The van der Waals surface area contributed by atoms with Gasteiger partial charge in [0.05, 0.1) is 20.0 Å². The van der Waals surface area contributed by atoms with Gasteiger partial charge in [0.15, 0.2) is 0 Å². The van der Waals surface area contributed by atoms with Crippen LogP contribution < -0.4 is 10.1 Å². The van der Waals surface area contributed by atoms with E-state index in [4.69, 9.17) is 9.84 Å². The summed E-state index contributed by atoms with van der Waals surface area (Å²) < 4.78 is 5.10. The fraction of sp³-hybridized carbons (Fsp3) is 0.467. The van der Waals surface area contributed by atoms with Crippen LogP contribution in [0.4, 0.5) is 0 Å². The van der Waals surface area contributed by atoms with Gasteiger partial charge in [-0.05, 0) is 24.1 Å². The van der Waals surface area contributed by atoms with E-state index in [-0.39, 0.29) is 24.8 Å². The summed E-state index contributed by atoms with van der Waals surface area (Å²) in [6, 6.07) is 6.96. The zero-order valence-corrected chi connectivity index (χ0v) is 11.9. The Morgan fingerprint density at radius 1 is 1.40 bits per heavy atom. The third-order valence-electron chi connectivity index (χ3n) is 2.92. The quantitative estimate of drug-likeness (QED) is 0.763. The van der Waals surface area contributed by atoms with E-state index in [1.54, 1.807) is 13.2 Å². The van der Waals surface area contributed by atoms with Crippen molar-refractivity contribution in [1.29, 1.82) is 0 Å². The van der Waals surface area contributed by atoms with Crippen molar-refractivity contribution in [3.05, 3.63) is 29.8 Å². The molecule has 1 aromatic carbocycles. The molecule has 0 bridgehead atoms. The molecule has 0 heterocycles. The van der Waals surface area contributed by atoms with Crippen molar-refractivity contribution in [1.82, 2.24) is 5.32 Å². The van der Waals surface area contributed by atoms with Crippen molar-refractivity contribution in [3.63, 3.8) is 0 Å². The number of methoxy groups -OCH3 is 1. The van der Waals surface area contributed by atoms with Gasteiger partial charge in [0.1, 0.15) is 5.75 Å². The first-order valence-corrected chi connectivity index (χ1v) is 6.69. The Morgan fingerprint density at radius 3 is 2.75 bits per heavy atom. The number of aliphatic carboxylic acids is 1. The zero-order valence-electron chi connectivity index (χ0n) is 11.9. The topological polar surface area (TPSA) is 75.6 Å². The van der Waals surface area contributed by atoms with Gasteiger partial charge in [-0.3, -0.25) is 9.59 Å². The molecule has 1 unspecified atom stereocenters. The Hall–Kier alpha value is -2.04. The molecule has 0 saturated heterocycles. The minimum atomic E-state index is -0.898. The zero-order chi connectivity index (χ0) is 15.0. The highest BCUT2D eigenvalue weighted by molar-refractivity contribution is 5.79. The molecule has 0 aliphatic carbocycles. The van der Waals surface area contributed by atoms with Crippen molar-refractivity contribution >= 4 is 11.9 Å². The number of rotatable bonds is 8. The summed E-state index contributed by atoms with van der Waals surface area (Å²) in [4.78, 5) is 22.7. The van der Waals surface area contributed by atoms with E-state index in [2.05, 4.69) is 5.32 Å². The lowest BCUT2D eigenvalue weighted by Gasteiger charge is -2.16. The summed E-state index contributed by atoms with van der Waals surface area (Å²) >= 11 is 0. The van der Waals surface area contributed by atoms with Crippen LogP contribution in [0.2, 0.25) is 0 Å². The maximum Gasteiger partial charge on any atom is 0.305 e. The minimum Gasteiger partial charge on any atom is -0.497 e. The van der Waals surface area contributed by atoms with Crippen molar-refractivity contribution < 1.29 is 19.4 Å². The van der Waals surface area contributed by atoms with Crippen molar-refractivity contribution in [2.24, 2.45) is 0 Å². The van der Waals surface area contributed by atoms with Crippen LogP contribution in [0.25, 0.3) is 0 Å². The number of benzene rings is 1.